The summed E-state index contributed by atoms with van der Waals surface area (Å²) in [6, 6.07) is 13.9. The number of aliphatic hydroxyl groups is 1. The fraction of sp³-hybridized carbons (Fsp3) is 0.273. The third kappa shape index (κ3) is 3.22. The molecule has 0 saturated heterocycles. The van der Waals surface area contributed by atoms with Gasteiger partial charge in [0.2, 0.25) is 0 Å². The Morgan fingerprint density at radius 3 is 2.50 bits per heavy atom. The fourth-order valence-corrected chi connectivity index (χ4v) is 3.83. The summed E-state index contributed by atoms with van der Waals surface area (Å²) < 4.78 is 6.60. The number of aliphatic hydroxyl groups excluding tert-OH is 1. The van der Waals surface area contributed by atoms with Gasteiger partial charge in [0.25, 0.3) is 5.91 Å². The number of benzene rings is 2. The molecule has 2 aliphatic rings. The predicted octanol–water partition coefficient (Wildman–Crippen LogP) is 4.73. The van der Waals surface area contributed by atoms with Gasteiger partial charge < -0.3 is 9.84 Å². The molecule has 1 atom stereocenters. The normalized spacial score (nSPS) is 19.3. The molecule has 2 aromatic rings. The maximum Gasteiger partial charge on any atom is 0.294 e. The Labute approximate surface area is 171 Å². The van der Waals surface area contributed by atoms with Gasteiger partial charge in [0, 0.05) is 10.4 Å². The van der Waals surface area contributed by atoms with Crippen LogP contribution in [0.4, 0.5) is 5.69 Å². The standard InChI is InChI=1S/C22H20BrNO4/c1-2-28-17-6-4-3-5-16(17)24-19(13-9-11-15(23)12-10-13)18(21(26)22(24)27)20(25)14-7-8-14/h3-6,9-12,14,19,26H,2,7-8H2,1H3/t19-/m1/s1. The summed E-state index contributed by atoms with van der Waals surface area (Å²) in [6.45, 7) is 2.31. The first-order valence-electron chi connectivity index (χ1n) is 9.31. The molecule has 1 heterocycles. The topological polar surface area (TPSA) is 66.8 Å². The van der Waals surface area contributed by atoms with Crippen LogP contribution in [0.5, 0.6) is 5.75 Å². The first kappa shape index (κ1) is 18.7. The SMILES string of the molecule is CCOc1ccccc1N1C(=O)C(O)=C(C(=O)C2CC2)[C@H]1c1ccc(Br)cc1. The molecule has 1 aliphatic carbocycles. The number of Topliss-reactive ketones (excluding diaryl/α,β-unsaturated/α-hetero) is 1. The van der Waals surface area contributed by atoms with Gasteiger partial charge in [0.05, 0.1) is 23.9 Å². The maximum atomic E-state index is 13.1. The minimum absolute atomic E-state index is 0.106. The van der Waals surface area contributed by atoms with E-state index in [-0.39, 0.29) is 17.3 Å². The first-order chi connectivity index (χ1) is 13.5. The smallest absolute Gasteiger partial charge is 0.294 e. The minimum Gasteiger partial charge on any atom is -0.503 e. The average molecular weight is 442 g/mol. The molecule has 4 rings (SSSR count). The number of para-hydroxylation sites is 2. The van der Waals surface area contributed by atoms with Crippen molar-refractivity contribution in [3.8, 4) is 5.75 Å². The van der Waals surface area contributed by atoms with Crippen molar-refractivity contribution < 1.29 is 19.4 Å². The lowest BCUT2D eigenvalue weighted by Crippen LogP contribution is -2.31. The van der Waals surface area contributed by atoms with E-state index in [1.54, 1.807) is 12.1 Å². The third-order valence-corrected chi connectivity index (χ3v) is 5.56. The Bertz CT molecular complexity index is 963. The minimum atomic E-state index is -0.685. The predicted molar refractivity (Wildman–Crippen MR) is 109 cm³/mol. The van der Waals surface area contributed by atoms with Crippen molar-refractivity contribution in [1.82, 2.24) is 0 Å². The summed E-state index contributed by atoms with van der Waals surface area (Å²) in [5.41, 5.74) is 1.48. The number of anilines is 1. The molecule has 0 unspecified atom stereocenters. The van der Waals surface area contributed by atoms with Crippen LogP contribution in [0.2, 0.25) is 0 Å². The molecular formula is C22H20BrNO4. The van der Waals surface area contributed by atoms with Crippen LogP contribution in [0.25, 0.3) is 0 Å². The van der Waals surface area contributed by atoms with Crippen LogP contribution in [-0.2, 0) is 9.59 Å². The lowest BCUT2D eigenvalue weighted by atomic mass is 9.94. The molecule has 1 amide bonds. The van der Waals surface area contributed by atoms with E-state index < -0.39 is 17.7 Å². The van der Waals surface area contributed by atoms with Gasteiger partial charge in [-0.15, -0.1) is 0 Å². The van der Waals surface area contributed by atoms with Crippen molar-refractivity contribution in [2.45, 2.75) is 25.8 Å². The second-order valence-electron chi connectivity index (χ2n) is 6.93. The van der Waals surface area contributed by atoms with E-state index in [4.69, 9.17) is 4.74 Å². The van der Waals surface area contributed by atoms with Crippen LogP contribution in [0.3, 0.4) is 0 Å². The van der Waals surface area contributed by atoms with Crippen molar-refractivity contribution in [3.63, 3.8) is 0 Å². The zero-order valence-electron chi connectivity index (χ0n) is 15.4. The number of ether oxygens (including phenoxy) is 1. The second-order valence-corrected chi connectivity index (χ2v) is 7.85. The molecule has 5 nitrogen and oxygen atoms in total. The van der Waals surface area contributed by atoms with Gasteiger partial charge in [-0.25, -0.2) is 0 Å². The van der Waals surface area contributed by atoms with Gasteiger partial charge in [0.15, 0.2) is 11.5 Å². The van der Waals surface area contributed by atoms with E-state index in [1.165, 1.54) is 4.90 Å². The summed E-state index contributed by atoms with van der Waals surface area (Å²) in [5.74, 6) is -0.756. The van der Waals surface area contributed by atoms with E-state index in [0.29, 0.717) is 18.0 Å². The highest BCUT2D eigenvalue weighted by Gasteiger charge is 2.48. The van der Waals surface area contributed by atoms with Gasteiger partial charge in [-0.3, -0.25) is 14.5 Å². The van der Waals surface area contributed by atoms with Gasteiger partial charge in [-0.05, 0) is 49.6 Å². The average Bonchev–Trinajstić information content (AvgIpc) is 3.51. The number of hydrogen-bond donors (Lipinski definition) is 1. The highest BCUT2D eigenvalue weighted by Crippen LogP contribution is 2.47. The highest BCUT2D eigenvalue weighted by molar-refractivity contribution is 9.10. The lowest BCUT2D eigenvalue weighted by Gasteiger charge is -2.28. The molecule has 0 radical (unpaired) electrons. The molecule has 1 aliphatic heterocycles. The zero-order valence-corrected chi connectivity index (χ0v) is 17.0. The van der Waals surface area contributed by atoms with Gasteiger partial charge in [-0.1, -0.05) is 40.2 Å². The molecule has 1 saturated carbocycles. The Balaban J connectivity index is 1.86. The largest absolute Gasteiger partial charge is 0.503 e. The van der Waals surface area contributed by atoms with Crippen LogP contribution < -0.4 is 9.64 Å². The number of amides is 1. The summed E-state index contributed by atoms with van der Waals surface area (Å²) in [5, 5.41) is 10.7. The molecule has 6 heteroatoms. The number of rotatable bonds is 6. The Kier molecular flexibility index (Phi) is 4.98. The van der Waals surface area contributed by atoms with Gasteiger partial charge in [-0.2, -0.15) is 0 Å². The molecule has 1 N–H and O–H groups in total. The Hall–Kier alpha value is -2.60. The molecule has 144 valence electrons. The molecule has 1 fully saturated rings. The fourth-order valence-electron chi connectivity index (χ4n) is 3.57. The summed E-state index contributed by atoms with van der Waals surface area (Å²) in [7, 11) is 0. The number of ketones is 1. The number of halogens is 1. The zero-order chi connectivity index (χ0) is 19.8. The number of hydrogen-bond acceptors (Lipinski definition) is 4. The van der Waals surface area contributed by atoms with E-state index in [0.717, 1.165) is 22.9 Å². The monoisotopic (exact) mass is 441 g/mol. The van der Waals surface area contributed by atoms with Gasteiger partial charge in [0.1, 0.15) is 5.75 Å². The van der Waals surface area contributed by atoms with Gasteiger partial charge >= 0.3 is 0 Å². The number of carbonyl (C=O) groups is 2. The molecule has 0 bridgehead atoms. The van der Waals surface area contributed by atoms with Crippen LogP contribution in [0.15, 0.2) is 64.3 Å². The highest BCUT2D eigenvalue weighted by atomic mass is 79.9. The molecule has 2 aromatic carbocycles. The Morgan fingerprint density at radius 2 is 1.86 bits per heavy atom. The van der Waals surface area contributed by atoms with Crippen molar-refractivity contribution in [2.24, 2.45) is 5.92 Å². The number of nitrogens with zero attached hydrogens (tertiary/aromatic N) is 1. The van der Waals surface area contributed by atoms with Crippen LogP contribution in [0.1, 0.15) is 31.4 Å². The lowest BCUT2D eigenvalue weighted by molar-refractivity contribution is -0.118. The van der Waals surface area contributed by atoms with Crippen LogP contribution >= 0.6 is 15.9 Å². The molecule has 28 heavy (non-hydrogen) atoms. The summed E-state index contributed by atoms with van der Waals surface area (Å²) in [4.78, 5) is 27.5. The van der Waals surface area contributed by atoms with Crippen molar-refractivity contribution in [1.29, 1.82) is 0 Å². The van der Waals surface area contributed by atoms with E-state index in [2.05, 4.69) is 15.9 Å². The molecule has 0 aromatic heterocycles. The second kappa shape index (κ2) is 7.43. The van der Waals surface area contributed by atoms with Crippen LogP contribution in [0, 0.1) is 5.92 Å². The van der Waals surface area contributed by atoms with Crippen LogP contribution in [-0.4, -0.2) is 23.4 Å². The molecule has 0 spiro atoms. The van der Waals surface area contributed by atoms with E-state index in [9.17, 15) is 14.7 Å². The molecular weight excluding hydrogens is 422 g/mol. The van der Waals surface area contributed by atoms with Crippen molar-refractivity contribution in [3.05, 3.63) is 69.9 Å². The summed E-state index contributed by atoms with van der Waals surface area (Å²) in [6.07, 6.45) is 1.60. The van der Waals surface area contributed by atoms with E-state index >= 15 is 0 Å². The van der Waals surface area contributed by atoms with Crippen molar-refractivity contribution in [2.75, 3.05) is 11.5 Å². The van der Waals surface area contributed by atoms with Crippen molar-refractivity contribution >= 4 is 33.3 Å². The maximum absolute atomic E-state index is 13.1. The third-order valence-electron chi connectivity index (χ3n) is 5.03. The quantitative estimate of drug-likeness (QED) is 0.703. The number of carbonyl (C=O) groups excluding carboxylic acids is 2. The Morgan fingerprint density at radius 1 is 1.18 bits per heavy atom. The van der Waals surface area contributed by atoms with E-state index in [1.807, 2.05) is 43.3 Å². The first-order valence-corrected chi connectivity index (χ1v) is 10.1. The summed E-state index contributed by atoms with van der Waals surface area (Å²) >= 11 is 3.42.